The first-order chi connectivity index (χ1) is 5.16. The molecule has 0 bridgehead atoms. The summed E-state index contributed by atoms with van der Waals surface area (Å²) in [6.45, 7) is 1.94. The smallest absolute Gasteiger partial charge is 0.151 e. The molecule has 0 aliphatic heterocycles. The highest BCUT2D eigenvalue weighted by Crippen LogP contribution is 2.06. The van der Waals surface area contributed by atoms with Crippen LogP contribution in [0.15, 0.2) is 0 Å². The van der Waals surface area contributed by atoms with Crippen molar-refractivity contribution in [2.24, 2.45) is 0 Å². The van der Waals surface area contributed by atoms with Crippen molar-refractivity contribution in [3.05, 3.63) is 0 Å². The number of hydrogen-bond acceptors (Lipinski definition) is 3. The van der Waals surface area contributed by atoms with E-state index in [0.29, 0.717) is 6.42 Å². The lowest BCUT2D eigenvalue weighted by molar-refractivity contribution is -0.0470. The molecule has 0 saturated heterocycles. The molecule has 1 unspecified atom stereocenters. The van der Waals surface area contributed by atoms with Crippen molar-refractivity contribution in [3.8, 4) is 0 Å². The predicted octanol–water partition coefficient (Wildman–Crippen LogP) is 0.628. The summed E-state index contributed by atoms with van der Waals surface area (Å²) in [4.78, 5) is 0. The second kappa shape index (κ2) is 6.58. The fraction of sp³-hybridized carbons (Fsp3) is 1.00. The fourth-order valence-electron chi connectivity index (χ4n) is 0.911. The molecule has 0 aromatic carbocycles. The van der Waals surface area contributed by atoms with Crippen LogP contribution in [0.25, 0.3) is 0 Å². The molecule has 0 aliphatic rings. The second-order valence-corrected chi connectivity index (χ2v) is 2.83. The molecular weight excluding hydrogens is 144 g/mol. The van der Waals surface area contributed by atoms with E-state index in [0.717, 1.165) is 25.7 Å². The molecule has 11 heavy (non-hydrogen) atoms. The molecule has 0 spiro atoms. The summed E-state index contributed by atoms with van der Waals surface area (Å²) in [5.74, 6) is 0. The first kappa shape index (κ1) is 10.9. The van der Waals surface area contributed by atoms with E-state index < -0.39 is 6.29 Å². The van der Waals surface area contributed by atoms with Crippen molar-refractivity contribution in [1.82, 2.24) is 0 Å². The topological polar surface area (TPSA) is 60.7 Å². The third-order valence-electron chi connectivity index (χ3n) is 1.72. The molecule has 1 atom stereocenters. The van der Waals surface area contributed by atoms with Crippen LogP contribution < -0.4 is 0 Å². The van der Waals surface area contributed by atoms with Crippen LogP contribution in [0.5, 0.6) is 0 Å². The lowest BCUT2D eigenvalue weighted by Crippen LogP contribution is -2.06. The Bertz CT molecular complexity index is 83.4. The maximum absolute atomic E-state index is 9.10. The Morgan fingerprint density at radius 1 is 1.00 bits per heavy atom. The minimum Gasteiger partial charge on any atom is -0.393 e. The summed E-state index contributed by atoms with van der Waals surface area (Å²) in [6, 6.07) is 0. The SMILES string of the molecule is CCC(O)CCCCC(O)O. The second-order valence-electron chi connectivity index (χ2n) is 2.83. The standard InChI is InChI=1S/C8H18O3/c1-2-7(9)5-3-4-6-8(10)11/h7-11H,2-6H2,1H3. The Balaban J connectivity index is 3.01. The van der Waals surface area contributed by atoms with Gasteiger partial charge in [0.25, 0.3) is 0 Å². The third-order valence-corrected chi connectivity index (χ3v) is 1.72. The summed E-state index contributed by atoms with van der Waals surface area (Å²) < 4.78 is 0. The Morgan fingerprint density at radius 2 is 1.55 bits per heavy atom. The van der Waals surface area contributed by atoms with Crippen molar-refractivity contribution >= 4 is 0 Å². The van der Waals surface area contributed by atoms with Gasteiger partial charge in [-0.05, 0) is 25.7 Å². The van der Waals surface area contributed by atoms with E-state index in [-0.39, 0.29) is 6.10 Å². The fourth-order valence-corrected chi connectivity index (χ4v) is 0.911. The van der Waals surface area contributed by atoms with E-state index in [9.17, 15) is 0 Å². The predicted molar refractivity (Wildman–Crippen MR) is 43.0 cm³/mol. The summed E-state index contributed by atoms with van der Waals surface area (Å²) in [7, 11) is 0. The van der Waals surface area contributed by atoms with Gasteiger partial charge < -0.3 is 15.3 Å². The van der Waals surface area contributed by atoms with Crippen LogP contribution in [0.3, 0.4) is 0 Å². The van der Waals surface area contributed by atoms with Crippen molar-refractivity contribution in [1.29, 1.82) is 0 Å². The van der Waals surface area contributed by atoms with E-state index in [1.54, 1.807) is 0 Å². The summed E-state index contributed by atoms with van der Waals surface area (Å²) >= 11 is 0. The highest BCUT2D eigenvalue weighted by Gasteiger charge is 2.01. The third kappa shape index (κ3) is 7.78. The van der Waals surface area contributed by atoms with E-state index in [2.05, 4.69) is 0 Å². The largest absolute Gasteiger partial charge is 0.393 e. The highest BCUT2D eigenvalue weighted by molar-refractivity contribution is 4.52. The monoisotopic (exact) mass is 162 g/mol. The molecule has 3 heteroatoms. The van der Waals surface area contributed by atoms with Crippen molar-refractivity contribution in [2.75, 3.05) is 0 Å². The highest BCUT2D eigenvalue weighted by atomic mass is 16.5. The Hall–Kier alpha value is -0.120. The summed E-state index contributed by atoms with van der Waals surface area (Å²) in [5.41, 5.74) is 0. The molecule has 68 valence electrons. The molecule has 3 nitrogen and oxygen atoms in total. The molecule has 0 aromatic heterocycles. The molecule has 0 fully saturated rings. The minimum atomic E-state index is -1.19. The normalized spacial score (nSPS) is 13.9. The first-order valence-electron chi connectivity index (χ1n) is 4.21. The van der Waals surface area contributed by atoms with Gasteiger partial charge in [0.1, 0.15) is 0 Å². The zero-order chi connectivity index (χ0) is 8.69. The molecule has 0 aromatic rings. The van der Waals surface area contributed by atoms with Gasteiger partial charge in [-0.15, -0.1) is 0 Å². The van der Waals surface area contributed by atoms with Crippen LogP contribution in [-0.2, 0) is 0 Å². The average Bonchev–Trinajstić information content (AvgIpc) is 1.97. The first-order valence-corrected chi connectivity index (χ1v) is 4.21. The van der Waals surface area contributed by atoms with Crippen LogP contribution >= 0.6 is 0 Å². The summed E-state index contributed by atoms with van der Waals surface area (Å²) in [6.07, 6.45) is 2.20. The molecule has 3 N–H and O–H groups in total. The van der Waals surface area contributed by atoms with Crippen LogP contribution in [-0.4, -0.2) is 27.7 Å². The number of hydrogen-bond donors (Lipinski definition) is 3. The molecule has 0 radical (unpaired) electrons. The Labute approximate surface area is 67.7 Å². The van der Waals surface area contributed by atoms with Crippen molar-refractivity contribution < 1.29 is 15.3 Å². The van der Waals surface area contributed by atoms with Crippen molar-refractivity contribution in [3.63, 3.8) is 0 Å². The van der Waals surface area contributed by atoms with Gasteiger partial charge in [-0.25, -0.2) is 0 Å². The molecule has 0 rings (SSSR count). The van der Waals surface area contributed by atoms with Gasteiger partial charge in [0.05, 0.1) is 6.10 Å². The Kier molecular flexibility index (Phi) is 6.51. The lowest BCUT2D eigenvalue weighted by Gasteiger charge is -2.07. The molecule has 0 saturated carbocycles. The van der Waals surface area contributed by atoms with E-state index in [1.165, 1.54) is 0 Å². The van der Waals surface area contributed by atoms with Gasteiger partial charge >= 0.3 is 0 Å². The van der Waals surface area contributed by atoms with Gasteiger partial charge in [-0.1, -0.05) is 13.3 Å². The average molecular weight is 162 g/mol. The van der Waals surface area contributed by atoms with Crippen LogP contribution in [0, 0.1) is 0 Å². The zero-order valence-corrected chi connectivity index (χ0v) is 7.03. The summed E-state index contributed by atoms with van der Waals surface area (Å²) in [5, 5.41) is 26.0. The van der Waals surface area contributed by atoms with E-state index >= 15 is 0 Å². The van der Waals surface area contributed by atoms with Gasteiger partial charge in [0.15, 0.2) is 6.29 Å². The van der Waals surface area contributed by atoms with Crippen LogP contribution in [0.4, 0.5) is 0 Å². The molecule has 0 heterocycles. The molecular formula is C8H18O3. The lowest BCUT2D eigenvalue weighted by atomic mass is 10.1. The maximum atomic E-state index is 9.10. The Morgan fingerprint density at radius 3 is 2.00 bits per heavy atom. The minimum absolute atomic E-state index is 0.217. The number of rotatable bonds is 6. The van der Waals surface area contributed by atoms with Gasteiger partial charge in [-0.2, -0.15) is 0 Å². The van der Waals surface area contributed by atoms with Gasteiger partial charge in [0, 0.05) is 0 Å². The van der Waals surface area contributed by atoms with Gasteiger partial charge in [-0.3, -0.25) is 0 Å². The maximum Gasteiger partial charge on any atom is 0.151 e. The zero-order valence-electron chi connectivity index (χ0n) is 7.03. The van der Waals surface area contributed by atoms with Crippen LogP contribution in [0.2, 0.25) is 0 Å². The van der Waals surface area contributed by atoms with Gasteiger partial charge in [0.2, 0.25) is 0 Å². The number of aliphatic hydroxyl groups excluding tert-OH is 2. The quantitative estimate of drug-likeness (QED) is 0.396. The van der Waals surface area contributed by atoms with E-state index in [4.69, 9.17) is 15.3 Å². The number of unbranched alkanes of at least 4 members (excludes halogenated alkanes) is 1. The van der Waals surface area contributed by atoms with E-state index in [1.807, 2.05) is 6.92 Å². The molecule has 0 aliphatic carbocycles. The number of aliphatic hydroxyl groups is 3. The molecule has 0 amide bonds. The van der Waals surface area contributed by atoms with Crippen LogP contribution in [0.1, 0.15) is 39.0 Å². The van der Waals surface area contributed by atoms with Crippen molar-refractivity contribution in [2.45, 2.75) is 51.4 Å².